The van der Waals surface area contributed by atoms with Gasteiger partial charge in [0, 0.05) is 19.5 Å². The van der Waals surface area contributed by atoms with Gasteiger partial charge in [0.2, 0.25) is 0 Å². The predicted molar refractivity (Wildman–Crippen MR) is 65.2 cm³/mol. The summed E-state index contributed by atoms with van der Waals surface area (Å²) in [6.45, 7) is 5.75. The lowest BCUT2D eigenvalue weighted by Gasteiger charge is -2.30. The number of ether oxygens (including phenoxy) is 1. The van der Waals surface area contributed by atoms with Crippen LogP contribution in [-0.2, 0) is 9.53 Å². The Kier molecular flexibility index (Phi) is 5.43. The van der Waals surface area contributed by atoms with Gasteiger partial charge in [-0.3, -0.25) is 9.69 Å². The minimum absolute atomic E-state index is 0.143. The van der Waals surface area contributed by atoms with Gasteiger partial charge in [0.1, 0.15) is 6.04 Å². The molecule has 0 N–H and O–H groups in total. The van der Waals surface area contributed by atoms with Crippen molar-refractivity contribution in [3.63, 3.8) is 0 Å². The molecule has 17 heavy (non-hydrogen) atoms. The van der Waals surface area contributed by atoms with Gasteiger partial charge in [-0.1, -0.05) is 13.8 Å². The second-order valence-corrected chi connectivity index (χ2v) is 5.10. The molecule has 1 unspecified atom stereocenters. The first-order valence-electron chi connectivity index (χ1n) is 6.29. The summed E-state index contributed by atoms with van der Waals surface area (Å²) in [5.41, 5.74) is 0. The second kappa shape index (κ2) is 6.61. The van der Waals surface area contributed by atoms with Crippen molar-refractivity contribution in [1.82, 2.24) is 4.90 Å². The fourth-order valence-electron chi connectivity index (χ4n) is 2.18. The highest BCUT2D eigenvalue weighted by Crippen LogP contribution is 2.36. The van der Waals surface area contributed by atoms with E-state index in [0.717, 1.165) is 19.4 Å². The highest BCUT2D eigenvalue weighted by atomic mass is 16.5. The van der Waals surface area contributed by atoms with E-state index in [4.69, 9.17) is 10.00 Å². The van der Waals surface area contributed by atoms with E-state index in [1.54, 1.807) is 0 Å². The largest absolute Gasteiger partial charge is 0.468 e. The molecule has 0 aromatic rings. The molecule has 0 saturated heterocycles. The molecule has 0 aliphatic heterocycles. The molecule has 1 fully saturated rings. The summed E-state index contributed by atoms with van der Waals surface area (Å²) in [5.74, 6) is 0.769. The number of nitriles is 1. The number of carbonyl (C=O) groups is 1. The van der Waals surface area contributed by atoms with Crippen LogP contribution >= 0.6 is 0 Å². The Balaban J connectivity index is 2.68. The third-order valence-electron chi connectivity index (χ3n) is 3.02. The first-order valence-corrected chi connectivity index (χ1v) is 6.29. The maximum Gasteiger partial charge on any atom is 0.323 e. The third kappa shape index (κ3) is 4.35. The van der Waals surface area contributed by atoms with E-state index in [-0.39, 0.29) is 12.0 Å². The lowest BCUT2D eigenvalue weighted by atomic mass is 10.1. The van der Waals surface area contributed by atoms with Gasteiger partial charge in [0.15, 0.2) is 0 Å². The molecule has 1 saturated carbocycles. The standard InChI is InChI=1S/C13H22N2O2/c1-10(2)9-15(8-4-7-14)12(11-5-6-11)13(16)17-3/h10-12H,4-6,8-9H2,1-3H3. The van der Waals surface area contributed by atoms with Crippen molar-refractivity contribution in [1.29, 1.82) is 5.26 Å². The Hall–Kier alpha value is -1.08. The molecule has 0 heterocycles. The van der Waals surface area contributed by atoms with Gasteiger partial charge >= 0.3 is 5.97 Å². The monoisotopic (exact) mass is 238 g/mol. The molecule has 96 valence electrons. The lowest BCUT2D eigenvalue weighted by molar-refractivity contribution is -0.148. The molecule has 0 bridgehead atoms. The van der Waals surface area contributed by atoms with E-state index in [1.807, 2.05) is 0 Å². The molecule has 1 aliphatic carbocycles. The van der Waals surface area contributed by atoms with E-state index in [1.165, 1.54) is 7.11 Å². The zero-order chi connectivity index (χ0) is 12.8. The summed E-state index contributed by atoms with van der Waals surface area (Å²) >= 11 is 0. The van der Waals surface area contributed by atoms with Gasteiger partial charge < -0.3 is 4.74 Å². The molecule has 0 aromatic heterocycles. The number of methoxy groups -OCH3 is 1. The van der Waals surface area contributed by atoms with E-state index >= 15 is 0 Å². The summed E-state index contributed by atoms with van der Waals surface area (Å²) in [7, 11) is 1.44. The number of carbonyl (C=O) groups excluding carboxylic acids is 1. The van der Waals surface area contributed by atoms with Crippen LogP contribution in [0.4, 0.5) is 0 Å². The third-order valence-corrected chi connectivity index (χ3v) is 3.02. The fraction of sp³-hybridized carbons (Fsp3) is 0.846. The number of hydrogen-bond donors (Lipinski definition) is 0. The minimum atomic E-state index is -0.147. The van der Waals surface area contributed by atoms with Gasteiger partial charge in [0.05, 0.1) is 13.2 Å². The number of hydrogen-bond acceptors (Lipinski definition) is 4. The molecule has 4 heteroatoms. The first kappa shape index (κ1) is 14.0. The van der Waals surface area contributed by atoms with Crippen molar-refractivity contribution in [2.24, 2.45) is 11.8 Å². The highest BCUT2D eigenvalue weighted by Gasteiger charge is 2.40. The van der Waals surface area contributed by atoms with Crippen molar-refractivity contribution in [2.45, 2.75) is 39.2 Å². The average molecular weight is 238 g/mol. The van der Waals surface area contributed by atoms with Gasteiger partial charge in [-0.15, -0.1) is 0 Å². The quantitative estimate of drug-likeness (QED) is 0.635. The summed E-state index contributed by atoms with van der Waals surface area (Å²) in [6.07, 6.45) is 2.66. The summed E-state index contributed by atoms with van der Waals surface area (Å²) < 4.78 is 4.89. The lowest BCUT2D eigenvalue weighted by Crippen LogP contribution is -2.45. The maximum atomic E-state index is 11.8. The Morgan fingerprint density at radius 2 is 2.18 bits per heavy atom. The molecule has 1 aliphatic rings. The molecule has 0 aromatic carbocycles. The van der Waals surface area contributed by atoms with Gasteiger partial charge in [-0.05, 0) is 24.7 Å². The summed E-state index contributed by atoms with van der Waals surface area (Å²) in [4.78, 5) is 14.0. The molecule has 1 atom stereocenters. The zero-order valence-electron chi connectivity index (χ0n) is 11.0. The van der Waals surface area contributed by atoms with Crippen molar-refractivity contribution >= 4 is 5.97 Å². The van der Waals surface area contributed by atoms with Crippen LogP contribution in [0, 0.1) is 23.2 Å². The van der Waals surface area contributed by atoms with Crippen LogP contribution in [0.5, 0.6) is 0 Å². The van der Waals surface area contributed by atoms with E-state index < -0.39 is 0 Å². The van der Waals surface area contributed by atoms with Gasteiger partial charge in [-0.2, -0.15) is 5.26 Å². The Labute approximate surface area is 104 Å². The van der Waals surface area contributed by atoms with E-state index in [2.05, 4.69) is 24.8 Å². The van der Waals surface area contributed by atoms with Crippen LogP contribution in [-0.4, -0.2) is 37.1 Å². The van der Waals surface area contributed by atoms with Crippen LogP contribution in [0.25, 0.3) is 0 Å². The molecule has 0 spiro atoms. The first-order chi connectivity index (χ1) is 8.10. The van der Waals surface area contributed by atoms with Crippen LogP contribution in [0.15, 0.2) is 0 Å². The molecular weight excluding hydrogens is 216 g/mol. The number of rotatable bonds is 7. The summed E-state index contributed by atoms with van der Waals surface area (Å²) in [5, 5.41) is 8.69. The Bertz CT molecular complexity index is 292. The average Bonchev–Trinajstić information content (AvgIpc) is 3.09. The molecule has 1 rings (SSSR count). The SMILES string of the molecule is COC(=O)C(C1CC1)N(CCC#N)CC(C)C. The van der Waals surface area contributed by atoms with Crippen molar-refractivity contribution < 1.29 is 9.53 Å². The van der Waals surface area contributed by atoms with Crippen molar-refractivity contribution in [3.8, 4) is 6.07 Å². The Morgan fingerprint density at radius 3 is 2.59 bits per heavy atom. The van der Waals surface area contributed by atoms with E-state index in [0.29, 0.717) is 24.8 Å². The van der Waals surface area contributed by atoms with Crippen molar-refractivity contribution in [2.75, 3.05) is 20.2 Å². The fourth-order valence-corrected chi connectivity index (χ4v) is 2.18. The molecule has 0 radical (unpaired) electrons. The zero-order valence-corrected chi connectivity index (χ0v) is 11.0. The smallest absolute Gasteiger partial charge is 0.323 e. The predicted octanol–water partition coefficient (Wildman–Crippen LogP) is 1.81. The maximum absolute atomic E-state index is 11.8. The molecule has 4 nitrogen and oxygen atoms in total. The van der Waals surface area contributed by atoms with Crippen LogP contribution < -0.4 is 0 Å². The number of esters is 1. The normalized spacial score (nSPS) is 16.9. The summed E-state index contributed by atoms with van der Waals surface area (Å²) in [6, 6.07) is 2.01. The van der Waals surface area contributed by atoms with E-state index in [9.17, 15) is 4.79 Å². The Morgan fingerprint density at radius 1 is 1.53 bits per heavy atom. The topological polar surface area (TPSA) is 53.3 Å². The van der Waals surface area contributed by atoms with Crippen LogP contribution in [0.1, 0.15) is 33.1 Å². The van der Waals surface area contributed by atoms with Gasteiger partial charge in [0.25, 0.3) is 0 Å². The minimum Gasteiger partial charge on any atom is -0.468 e. The highest BCUT2D eigenvalue weighted by molar-refractivity contribution is 5.76. The van der Waals surface area contributed by atoms with Crippen LogP contribution in [0.3, 0.4) is 0 Å². The second-order valence-electron chi connectivity index (χ2n) is 5.10. The molecular formula is C13H22N2O2. The van der Waals surface area contributed by atoms with Crippen LogP contribution in [0.2, 0.25) is 0 Å². The molecule has 0 amide bonds. The van der Waals surface area contributed by atoms with Gasteiger partial charge in [-0.25, -0.2) is 0 Å². The van der Waals surface area contributed by atoms with Crippen molar-refractivity contribution in [3.05, 3.63) is 0 Å². The number of nitrogens with zero attached hydrogens (tertiary/aromatic N) is 2.